The van der Waals surface area contributed by atoms with Gasteiger partial charge < -0.3 is 15.5 Å². The van der Waals surface area contributed by atoms with Gasteiger partial charge in [-0.25, -0.2) is 4.79 Å². The van der Waals surface area contributed by atoms with Crippen LogP contribution in [0.2, 0.25) is 0 Å². The third-order valence-electron chi connectivity index (χ3n) is 2.92. The van der Waals surface area contributed by atoms with E-state index < -0.39 is 5.97 Å². The molecule has 108 valence electrons. The maximum absolute atomic E-state index is 12.2. The summed E-state index contributed by atoms with van der Waals surface area (Å²) in [6, 6.07) is 9.29. The Balaban J connectivity index is 2.26. The van der Waals surface area contributed by atoms with Crippen LogP contribution in [0, 0.1) is 10.5 Å². The third-order valence-corrected chi connectivity index (χ3v) is 4.35. The van der Waals surface area contributed by atoms with E-state index in [2.05, 4.69) is 27.9 Å². The van der Waals surface area contributed by atoms with Crippen molar-refractivity contribution in [2.45, 2.75) is 6.92 Å². The van der Waals surface area contributed by atoms with Gasteiger partial charge in [-0.05, 0) is 53.3 Å². The summed E-state index contributed by atoms with van der Waals surface area (Å²) in [6.45, 7) is 1.91. The first kappa shape index (κ1) is 15.3. The number of aromatic hydroxyl groups is 1. The van der Waals surface area contributed by atoms with Crippen molar-refractivity contribution in [3.8, 4) is 5.75 Å². The first-order chi connectivity index (χ1) is 9.90. The maximum Gasteiger partial charge on any atom is 0.339 e. The van der Waals surface area contributed by atoms with Gasteiger partial charge in [-0.3, -0.25) is 4.79 Å². The largest absolute Gasteiger partial charge is 0.507 e. The number of amides is 1. The van der Waals surface area contributed by atoms with Crippen LogP contribution in [-0.2, 0) is 0 Å². The zero-order valence-electron chi connectivity index (χ0n) is 11.1. The van der Waals surface area contributed by atoms with Crippen LogP contribution in [0.3, 0.4) is 0 Å². The van der Waals surface area contributed by atoms with Crippen molar-refractivity contribution in [1.29, 1.82) is 0 Å². The second-order valence-corrected chi connectivity index (χ2v) is 5.51. The normalized spacial score (nSPS) is 10.2. The summed E-state index contributed by atoms with van der Waals surface area (Å²) in [5, 5.41) is 21.1. The fourth-order valence-electron chi connectivity index (χ4n) is 1.81. The van der Waals surface area contributed by atoms with Gasteiger partial charge in [-0.2, -0.15) is 0 Å². The summed E-state index contributed by atoms with van der Waals surface area (Å²) in [7, 11) is 0. The number of phenols is 1. The van der Waals surface area contributed by atoms with Crippen molar-refractivity contribution in [2.75, 3.05) is 5.32 Å². The Morgan fingerprint density at radius 3 is 2.48 bits per heavy atom. The minimum absolute atomic E-state index is 0.210. The quantitative estimate of drug-likeness (QED) is 0.695. The predicted molar refractivity (Wildman–Crippen MR) is 86.9 cm³/mol. The molecular weight excluding hydrogens is 385 g/mol. The zero-order chi connectivity index (χ0) is 15.6. The van der Waals surface area contributed by atoms with E-state index in [1.807, 2.05) is 13.0 Å². The molecule has 0 bridgehead atoms. The molecular formula is C15H12INO4. The van der Waals surface area contributed by atoms with E-state index in [0.717, 1.165) is 9.13 Å². The average Bonchev–Trinajstić information content (AvgIpc) is 2.41. The molecule has 0 radical (unpaired) electrons. The highest BCUT2D eigenvalue weighted by atomic mass is 127. The van der Waals surface area contributed by atoms with Crippen molar-refractivity contribution in [3.05, 3.63) is 56.7 Å². The zero-order valence-corrected chi connectivity index (χ0v) is 13.2. The van der Waals surface area contributed by atoms with Crippen LogP contribution < -0.4 is 5.32 Å². The minimum Gasteiger partial charge on any atom is -0.507 e. The molecule has 2 aromatic carbocycles. The molecule has 3 N–H and O–H groups in total. The third kappa shape index (κ3) is 3.33. The topological polar surface area (TPSA) is 86.6 Å². The van der Waals surface area contributed by atoms with Crippen LogP contribution in [0.5, 0.6) is 5.75 Å². The van der Waals surface area contributed by atoms with Crippen molar-refractivity contribution < 1.29 is 19.8 Å². The number of carbonyl (C=O) groups is 2. The Bertz CT molecular complexity index is 728. The van der Waals surface area contributed by atoms with E-state index in [9.17, 15) is 14.7 Å². The number of hydrogen-bond acceptors (Lipinski definition) is 3. The van der Waals surface area contributed by atoms with Gasteiger partial charge in [0.15, 0.2) is 0 Å². The fourth-order valence-corrected chi connectivity index (χ4v) is 2.42. The van der Waals surface area contributed by atoms with Gasteiger partial charge in [0.25, 0.3) is 5.91 Å². The van der Waals surface area contributed by atoms with Gasteiger partial charge in [-0.1, -0.05) is 12.1 Å². The Labute approximate surface area is 134 Å². The second kappa shape index (κ2) is 6.13. The SMILES string of the molecule is Cc1cccc(C(=O)Nc2ccc(C(=O)O)c(O)c2)c1I. The number of rotatable bonds is 3. The highest BCUT2D eigenvalue weighted by molar-refractivity contribution is 14.1. The number of carboxylic acid groups (broad SMARTS) is 1. The van der Waals surface area contributed by atoms with Gasteiger partial charge in [0.05, 0.1) is 5.56 Å². The second-order valence-electron chi connectivity index (χ2n) is 4.43. The van der Waals surface area contributed by atoms with Crippen molar-refractivity contribution >= 4 is 40.2 Å². The number of carbonyl (C=O) groups excluding carboxylic acids is 1. The molecule has 2 aromatic rings. The standard InChI is InChI=1S/C15H12INO4/c1-8-3-2-4-11(13(8)16)14(19)17-9-5-6-10(15(20)21)12(18)7-9/h2-7,18H,1H3,(H,17,19)(H,20,21). The molecule has 1 amide bonds. The summed E-state index contributed by atoms with van der Waals surface area (Å²) < 4.78 is 0.846. The lowest BCUT2D eigenvalue weighted by atomic mass is 10.1. The first-order valence-corrected chi connectivity index (χ1v) is 7.11. The van der Waals surface area contributed by atoms with Crippen LogP contribution in [-0.4, -0.2) is 22.1 Å². The molecule has 0 unspecified atom stereocenters. The molecule has 0 aromatic heterocycles. The Morgan fingerprint density at radius 1 is 1.14 bits per heavy atom. The highest BCUT2D eigenvalue weighted by Gasteiger charge is 2.14. The summed E-state index contributed by atoms with van der Waals surface area (Å²) in [6.07, 6.45) is 0. The van der Waals surface area contributed by atoms with Gasteiger partial charge in [0.2, 0.25) is 0 Å². The van der Waals surface area contributed by atoms with Crippen LogP contribution in [0.1, 0.15) is 26.3 Å². The lowest BCUT2D eigenvalue weighted by Crippen LogP contribution is -2.14. The van der Waals surface area contributed by atoms with Crippen LogP contribution in [0.4, 0.5) is 5.69 Å². The summed E-state index contributed by atoms with van der Waals surface area (Å²) in [5.41, 5.74) is 1.64. The molecule has 6 heteroatoms. The number of halogens is 1. The monoisotopic (exact) mass is 397 g/mol. The molecule has 0 atom stereocenters. The van der Waals surface area contributed by atoms with E-state index in [1.165, 1.54) is 18.2 Å². The van der Waals surface area contributed by atoms with Gasteiger partial charge in [0, 0.05) is 15.3 Å². The Hall–Kier alpha value is -2.09. The smallest absolute Gasteiger partial charge is 0.339 e. The van der Waals surface area contributed by atoms with E-state index in [1.54, 1.807) is 12.1 Å². The molecule has 0 saturated heterocycles. The number of aromatic carboxylic acids is 1. The highest BCUT2D eigenvalue weighted by Crippen LogP contribution is 2.23. The van der Waals surface area contributed by atoms with Gasteiger partial charge >= 0.3 is 5.97 Å². The van der Waals surface area contributed by atoms with Crippen molar-refractivity contribution in [1.82, 2.24) is 0 Å². The summed E-state index contributed by atoms with van der Waals surface area (Å²) in [4.78, 5) is 23.0. The number of nitrogens with one attached hydrogen (secondary N) is 1. The summed E-state index contributed by atoms with van der Waals surface area (Å²) in [5.74, 6) is -1.93. The van der Waals surface area contributed by atoms with E-state index >= 15 is 0 Å². The molecule has 0 heterocycles. The lowest BCUT2D eigenvalue weighted by molar-refractivity contribution is 0.0693. The van der Waals surface area contributed by atoms with E-state index in [0.29, 0.717) is 11.3 Å². The molecule has 0 aliphatic rings. The molecule has 21 heavy (non-hydrogen) atoms. The number of benzene rings is 2. The number of carboxylic acids is 1. The van der Waals surface area contributed by atoms with Crippen LogP contribution in [0.25, 0.3) is 0 Å². The predicted octanol–water partition coefficient (Wildman–Crippen LogP) is 3.26. The average molecular weight is 397 g/mol. The minimum atomic E-state index is -1.22. The molecule has 0 fully saturated rings. The van der Waals surface area contributed by atoms with Crippen LogP contribution in [0.15, 0.2) is 36.4 Å². The lowest BCUT2D eigenvalue weighted by Gasteiger charge is -2.09. The fraction of sp³-hybridized carbons (Fsp3) is 0.0667. The number of hydrogen-bond donors (Lipinski definition) is 3. The van der Waals surface area contributed by atoms with Gasteiger partial charge in [-0.15, -0.1) is 0 Å². The van der Waals surface area contributed by atoms with Crippen molar-refractivity contribution in [2.24, 2.45) is 0 Å². The first-order valence-electron chi connectivity index (χ1n) is 6.03. The van der Waals surface area contributed by atoms with Crippen molar-refractivity contribution in [3.63, 3.8) is 0 Å². The Kier molecular flexibility index (Phi) is 4.46. The Morgan fingerprint density at radius 2 is 1.86 bits per heavy atom. The van der Waals surface area contributed by atoms with Crippen LogP contribution >= 0.6 is 22.6 Å². The number of aryl methyl sites for hydroxylation is 1. The molecule has 2 rings (SSSR count). The maximum atomic E-state index is 12.2. The van der Waals surface area contributed by atoms with E-state index in [-0.39, 0.29) is 17.2 Å². The number of anilines is 1. The van der Waals surface area contributed by atoms with Gasteiger partial charge in [0.1, 0.15) is 11.3 Å². The molecule has 0 aliphatic carbocycles. The van der Waals surface area contributed by atoms with E-state index in [4.69, 9.17) is 5.11 Å². The molecule has 0 spiro atoms. The molecule has 5 nitrogen and oxygen atoms in total. The molecule has 0 saturated carbocycles. The summed E-state index contributed by atoms with van der Waals surface area (Å²) >= 11 is 2.10. The molecule has 0 aliphatic heterocycles.